The van der Waals surface area contributed by atoms with Crippen molar-refractivity contribution in [3.63, 3.8) is 0 Å². The van der Waals surface area contributed by atoms with Crippen molar-refractivity contribution in [2.24, 2.45) is 0 Å². The topological polar surface area (TPSA) is 135 Å². The summed E-state index contributed by atoms with van der Waals surface area (Å²) in [7, 11) is 0. The molecule has 3 heterocycles. The lowest BCUT2D eigenvalue weighted by Crippen LogP contribution is -2.03. The van der Waals surface area contributed by atoms with Gasteiger partial charge in [0.05, 0.1) is 11.0 Å². The lowest BCUT2D eigenvalue weighted by molar-refractivity contribution is 0.310. The number of nitrogens with zero attached hydrogens (tertiary/aromatic N) is 6. The largest absolute Gasteiger partial charge is 0.379 e. The SMILES string of the molecule is Nc1nnc(-c2ccc(Cn3c(-c4nonc4N)nc4ccccc43)cc2)s1. The van der Waals surface area contributed by atoms with Crippen molar-refractivity contribution >= 4 is 33.3 Å². The quantitative estimate of drug-likeness (QED) is 0.478. The first-order valence-corrected chi connectivity index (χ1v) is 9.22. The molecule has 0 amide bonds. The predicted octanol–water partition coefficient (Wildman–Crippen LogP) is 2.82. The van der Waals surface area contributed by atoms with Crippen LogP contribution in [0, 0.1) is 0 Å². The highest BCUT2D eigenvalue weighted by molar-refractivity contribution is 7.18. The standard InChI is InChI=1S/C18H14N8OS/c19-15-14(24-27-25-15)16-21-12-3-1-2-4-13(12)26(16)9-10-5-7-11(8-6-10)17-22-23-18(20)28-17/h1-8H,9H2,(H2,19,25)(H2,20,23). The molecule has 0 saturated heterocycles. The second-order valence-corrected chi connectivity index (χ2v) is 7.16. The highest BCUT2D eigenvalue weighted by atomic mass is 32.1. The van der Waals surface area contributed by atoms with E-state index in [-0.39, 0.29) is 5.82 Å². The number of nitrogen functional groups attached to an aromatic ring is 2. The van der Waals surface area contributed by atoms with Crippen molar-refractivity contribution in [1.82, 2.24) is 30.1 Å². The van der Waals surface area contributed by atoms with Crippen LogP contribution in [0.5, 0.6) is 0 Å². The monoisotopic (exact) mass is 390 g/mol. The first-order valence-electron chi connectivity index (χ1n) is 8.41. The van der Waals surface area contributed by atoms with Gasteiger partial charge in [-0.2, -0.15) is 0 Å². The molecule has 0 aliphatic rings. The van der Waals surface area contributed by atoms with Crippen LogP contribution in [0.1, 0.15) is 5.56 Å². The highest BCUT2D eigenvalue weighted by Crippen LogP contribution is 2.29. The number of nitrogens with two attached hydrogens (primary N) is 2. The fourth-order valence-electron chi connectivity index (χ4n) is 3.05. The number of hydrogen-bond donors (Lipinski definition) is 2. The Bertz CT molecular complexity index is 1270. The van der Waals surface area contributed by atoms with Crippen LogP contribution in [0.15, 0.2) is 53.2 Å². The van der Waals surface area contributed by atoms with Gasteiger partial charge in [0, 0.05) is 12.1 Å². The Balaban J connectivity index is 1.55. The van der Waals surface area contributed by atoms with E-state index in [0.717, 1.165) is 27.2 Å². The molecule has 10 heteroatoms. The molecule has 4 N–H and O–H groups in total. The summed E-state index contributed by atoms with van der Waals surface area (Å²) in [6, 6.07) is 15.9. The Morgan fingerprint density at radius 1 is 0.964 bits per heavy atom. The van der Waals surface area contributed by atoms with Crippen LogP contribution in [-0.2, 0) is 6.54 Å². The molecule has 0 unspecified atom stereocenters. The molecular formula is C18H14N8OS. The van der Waals surface area contributed by atoms with Crippen molar-refractivity contribution in [3.05, 3.63) is 54.1 Å². The number of fused-ring (bicyclic) bond motifs is 1. The van der Waals surface area contributed by atoms with Crippen LogP contribution in [0.4, 0.5) is 10.9 Å². The summed E-state index contributed by atoms with van der Waals surface area (Å²) in [5, 5.41) is 16.8. The maximum Gasteiger partial charge on any atom is 0.203 e. The average Bonchev–Trinajstić information content (AvgIpc) is 3.42. The molecule has 0 radical (unpaired) electrons. The predicted molar refractivity (Wildman–Crippen MR) is 106 cm³/mol. The van der Waals surface area contributed by atoms with Gasteiger partial charge < -0.3 is 16.0 Å². The van der Waals surface area contributed by atoms with Crippen LogP contribution < -0.4 is 11.5 Å². The molecule has 9 nitrogen and oxygen atoms in total. The molecule has 0 aliphatic carbocycles. The lowest BCUT2D eigenvalue weighted by atomic mass is 10.1. The van der Waals surface area contributed by atoms with E-state index in [4.69, 9.17) is 16.1 Å². The summed E-state index contributed by atoms with van der Waals surface area (Å²) in [5.41, 5.74) is 15.9. The Morgan fingerprint density at radius 3 is 2.50 bits per heavy atom. The summed E-state index contributed by atoms with van der Waals surface area (Å²) < 4.78 is 6.81. The molecular weight excluding hydrogens is 376 g/mol. The smallest absolute Gasteiger partial charge is 0.203 e. The van der Waals surface area contributed by atoms with E-state index in [0.29, 0.717) is 23.2 Å². The maximum atomic E-state index is 5.90. The second kappa shape index (κ2) is 6.43. The fraction of sp³-hybridized carbons (Fsp3) is 0.0556. The Labute approximate surface area is 162 Å². The molecule has 0 aliphatic heterocycles. The maximum absolute atomic E-state index is 5.90. The molecule has 0 saturated carbocycles. The van der Waals surface area contributed by atoms with Gasteiger partial charge in [-0.25, -0.2) is 9.61 Å². The number of imidazole rings is 1. The van der Waals surface area contributed by atoms with Gasteiger partial charge in [-0.05, 0) is 28.0 Å². The van der Waals surface area contributed by atoms with Crippen LogP contribution in [0.25, 0.3) is 33.1 Å². The zero-order chi connectivity index (χ0) is 19.1. The number of rotatable bonds is 4. The molecule has 0 fully saturated rings. The number of para-hydroxylation sites is 2. The summed E-state index contributed by atoms with van der Waals surface area (Å²) in [4.78, 5) is 4.67. The first kappa shape index (κ1) is 16.4. The summed E-state index contributed by atoms with van der Waals surface area (Å²) in [6.45, 7) is 0.584. The number of hydrogen-bond acceptors (Lipinski definition) is 9. The Morgan fingerprint density at radius 2 is 1.79 bits per heavy atom. The number of anilines is 2. The lowest BCUT2D eigenvalue weighted by Gasteiger charge is -2.08. The van der Waals surface area contributed by atoms with Gasteiger partial charge in [0.15, 0.2) is 17.3 Å². The number of benzene rings is 2. The van der Waals surface area contributed by atoms with Crippen molar-refractivity contribution in [1.29, 1.82) is 0 Å². The molecule has 0 bridgehead atoms. The highest BCUT2D eigenvalue weighted by Gasteiger charge is 2.19. The molecule has 138 valence electrons. The molecule has 5 aromatic rings. The van der Waals surface area contributed by atoms with E-state index < -0.39 is 0 Å². The molecule has 28 heavy (non-hydrogen) atoms. The Kier molecular flexibility index (Phi) is 3.76. The van der Waals surface area contributed by atoms with Crippen molar-refractivity contribution in [2.45, 2.75) is 6.54 Å². The minimum Gasteiger partial charge on any atom is -0.379 e. The van der Waals surface area contributed by atoms with Gasteiger partial charge in [0.2, 0.25) is 5.13 Å². The van der Waals surface area contributed by atoms with Crippen molar-refractivity contribution in [3.8, 4) is 22.1 Å². The zero-order valence-electron chi connectivity index (χ0n) is 14.5. The van der Waals surface area contributed by atoms with Crippen LogP contribution in [-0.4, -0.2) is 30.1 Å². The van der Waals surface area contributed by atoms with E-state index in [1.165, 1.54) is 11.3 Å². The third-order valence-corrected chi connectivity index (χ3v) is 5.16. The normalized spacial score (nSPS) is 11.3. The number of aromatic nitrogens is 6. The van der Waals surface area contributed by atoms with Crippen molar-refractivity contribution < 1.29 is 4.63 Å². The van der Waals surface area contributed by atoms with Crippen LogP contribution in [0.3, 0.4) is 0 Å². The zero-order valence-corrected chi connectivity index (χ0v) is 15.3. The van der Waals surface area contributed by atoms with Gasteiger partial charge in [0.1, 0.15) is 5.01 Å². The van der Waals surface area contributed by atoms with Gasteiger partial charge in [-0.3, -0.25) is 0 Å². The van der Waals surface area contributed by atoms with E-state index in [9.17, 15) is 0 Å². The van der Waals surface area contributed by atoms with Crippen LogP contribution >= 0.6 is 11.3 Å². The van der Waals surface area contributed by atoms with E-state index >= 15 is 0 Å². The third kappa shape index (κ3) is 2.76. The summed E-state index contributed by atoms with van der Waals surface area (Å²) >= 11 is 1.36. The van der Waals surface area contributed by atoms with Gasteiger partial charge in [-0.15, -0.1) is 10.2 Å². The average molecular weight is 390 g/mol. The third-order valence-electron chi connectivity index (χ3n) is 4.36. The molecule has 3 aromatic heterocycles. The molecule has 2 aromatic carbocycles. The fourth-order valence-corrected chi connectivity index (χ4v) is 3.67. The minimum atomic E-state index is 0.209. The van der Waals surface area contributed by atoms with Gasteiger partial charge >= 0.3 is 0 Å². The van der Waals surface area contributed by atoms with E-state index in [1.807, 2.05) is 53.1 Å². The summed E-state index contributed by atoms with van der Waals surface area (Å²) in [6.07, 6.45) is 0. The van der Waals surface area contributed by atoms with E-state index in [2.05, 4.69) is 25.5 Å². The van der Waals surface area contributed by atoms with Crippen molar-refractivity contribution in [2.75, 3.05) is 11.5 Å². The van der Waals surface area contributed by atoms with Gasteiger partial charge in [0.25, 0.3) is 0 Å². The van der Waals surface area contributed by atoms with Gasteiger partial charge in [-0.1, -0.05) is 47.7 Å². The summed E-state index contributed by atoms with van der Waals surface area (Å²) in [5.74, 6) is 0.821. The molecule has 0 atom stereocenters. The second-order valence-electron chi connectivity index (χ2n) is 6.15. The molecule has 0 spiro atoms. The first-order chi connectivity index (χ1) is 13.7. The van der Waals surface area contributed by atoms with E-state index in [1.54, 1.807) is 0 Å². The molecule has 5 rings (SSSR count). The van der Waals surface area contributed by atoms with Crippen LogP contribution in [0.2, 0.25) is 0 Å². The Hall–Kier alpha value is -3.79. The minimum absolute atomic E-state index is 0.209.